The normalized spacial score (nSPS) is 18.4. The molecule has 0 unspecified atom stereocenters. The maximum absolute atomic E-state index is 12.5. The third-order valence-electron chi connectivity index (χ3n) is 8.74. The van der Waals surface area contributed by atoms with Crippen LogP contribution in [0.5, 0.6) is 23.0 Å². The number of aliphatic hydroxyl groups excluding tert-OH is 3. The summed E-state index contributed by atoms with van der Waals surface area (Å²) in [5.74, 6) is -1.36. The van der Waals surface area contributed by atoms with Crippen molar-refractivity contribution in [3.05, 3.63) is 123 Å². The molecule has 3 aromatic carbocycles. The Bertz CT molecular complexity index is 1920. The van der Waals surface area contributed by atoms with Gasteiger partial charge in [0.25, 0.3) is 5.09 Å². The SMILES string of the molecule is COc1cc(/C=C/C(=O)Oc2cccc(CO[N+](=O)[O-])c2)ccc1OC(=O)CNC(=O)CCC/C=C\C[C@@H]1[C@@H](/C=C/[C@@H](O)COc2cccc(Cl)c2)[C@H](O)C[C@@H]1O. The number of nitrogens with zero attached hydrogens (tertiary/aromatic N) is 1. The van der Waals surface area contributed by atoms with E-state index >= 15 is 0 Å². The molecule has 304 valence electrons. The predicted molar refractivity (Wildman–Crippen MR) is 208 cm³/mol. The van der Waals surface area contributed by atoms with E-state index < -0.39 is 35.3 Å². The number of carbonyl (C=O) groups is 3. The van der Waals surface area contributed by atoms with Crippen molar-refractivity contribution in [1.29, 1.82) is 0 Å². The summed E-state index contributed by atoms with van der Waals surface area (Å²) in [6.07, 6.45) is 9.31. The molecule has 0 saturated heterocycles. The first-order valence-electron chi connectivity index (χ1n) is 18.1. The van der Waals surface area contributed by atoms with Gasteiger partial charge in [0, 0.05) is 29.9 Å². The zero-order valence-electron chi connectivity index (χ0n) is 31.1. The maximum atomic E-state index is 12.5. The van der Waals surface area contributed by atoms with Crippen LogP contribution < -0.4 is 24.3 Å². The second-order valence-corrected chi connectivity index (χ2v) is 13.4. The summed E-state index contributed by atoms with van der Waals surface area (Å²) < 4.78 is 21.5. The number of hydrogen-bond acceptors (Lipinski definition) is 13. The molecule has 0 aliphatic heterocycles. The molecule has 0 heterocycles. The van der Waals surface area contributed by atoms with Crippen LogP contribution in [0.2, 0.25) is 5.02 Å². The second kappa shape index (κ2) is 22.7. The average Bonchev–Trinajstić information content (AvgIpc) is 3.46. The summed E-state index contributed by atoms with van der Waals surface area (Å²) in [4.78, 5) is 51.9. The van der Waals surface area contributed by atoms with Crippen molar-refractivity contribution < 1.29 is 58.6 Å². The van der Waals surface area contributed by atoms with Crippen LogP contribution in [0, 0.1) is 22.0 Å². The van der Waals surface area contributed by atoms with E-state index in [4.69, 9.17) is 30.5 Å². The molecule has 4 rings (SSSR count). The summed E-state index contributed by atoms with van der Waals surface area (Å²) in [5, 5.41) is 44.0. The number of ether oxygens (including phenoxy) is 4. The maximum Gasteiger partial charge on any atom is 0.336 e. The predicted octanol–water partition coefficient (Wildman–Crippen LogP) is 5.17. The number of nitrogens with one attached hydrogen (secondary N) is 1. The minimum absolute atomic E-state index is 0.00101. The first-order chi connectivity index (χ1) is 27.4. The van der Waals surface area contributed by atoms with Gasteiger partial charge >= 0.3 is 11.9 Å². The Labute approximate surface area is 334 Å². The second-order valence-electron chi connectivity index (χ2n) is 13.0. The molecule has 1 amide bonds. The highest BCUT2D eigenvalue weighted by molar-refractivity contribution is 6.30. The fourth-order valence-electron chi connectivity index (χ4n) is 5.94. The van der Waals surface area contributed by atoms with E-state index in [0.717, 1.165) is 0 Å². The van der Waals surface area contributed by atoms with Crippen LogP contribution in [0.15, 0.2) is 97.1 Å². The highest BCUT2D eigenvalue weighted by atomic mass is 35.5. The number of rotatable bonds is 21. The molecule has 57 heavy (non-hydrogen) atoms. The highest BCUT2D eigenvalue weighted by Crippen LogP contribution is 2.36. The molecule has 4 N–H and O–H groups in total. The standard InChI is InChI=1S/C41H45ClN2O13/c1-53-38-21-27(15-19-40(49)56-32-11-6-8-28(20-32)25-55-44(51)52)14-18-37(38)57-41(50)24-43-39(48)13-5-3-2-4-12-33-34(36(47)23-35(33)46)17-16-30(45)26-54-31-10-7-9-29(42)22-31/h2,4,6-11,14-22,30,33-36,45-47H,3,5,12-13,23-26H2,1H3,(H,43,48)/b4-2-,17-16+,19-15+/t30-,33-,34-,35+,36-/m1/s1. The van der Waals surface area contributed by atoms with Crippen molar-refractivity contribution in [1.82, 2.24) is 5.32 Å². The molecule has 0 radical (unpaired) electrons. The third-order valence-corrected chi connectivity index (χ3v) is 8.98. The molecule has 1 fully saturated rings. The Hall–Kier alpha value is -5.74. The van der Waals surface area contributed by atoms with E-state index in [-0.39, 0.29) is 67.6 Å². The molecular formula is C41H45ClN2O13. The fraction of sp³-hybridized carbons (Fsp3) is 0.341. The Kier molecular flexibility index (Phi) is 17.5. The van der Waals surface area contributed by atoms with E-state index in [9.17, 15) is 39.8 Å². The van der Waals surface area contributed by atoms with Crippen molar-refractivity contribution in [3.8, 4) is 23.0 Å². The van der Waals surface area contributed by atoms with Crippen LogP contribution in [0.25, 0.3) is 6.08 Å². The number of allylic oxidation sites excluding steroid dienone is 2. The van der Waals surface area contributed by atoms with Crippen LogP contribution in [0.1, 0.15) is 43.2 Å². The number of amides is 1. The van der Waals surface area contributed by atoms with Crippen LogP contribution in [-0.2, 0) is 25.8 Å². The lowest BCUT2D eigenvalue weighted by Gasteiger charge is -2.19. The van der Waals surface area contributed by atoms with Crippen molar-refractivity contribution >= 4 is 35.5 Å². The number of benzene rings is 3. The molecule has 16 heteroatoms. The van der Waals surface area contributed by atoms with Gasteiger partial charge in [0.2, 0.25) is 5.91 Å². The molecule has 0 bridgehead atoms. The third kappa shape index (κ3) is 15.4. The number of esters is 2. The minimum Gasteiger partial charge on any atom is -0.493 e. The molecule has 5 atom stereocenters. The van der Waals surface area contributed by atoms with Gasteiger partial charge in [-0.2, -0.15) is 0 Å². The summed E-state index contributed by atoms with van der Waals surface area (Å²) in [6, 6.07) is 17.5. The Morgan fingerprint density at radius 1 is 1.00 bits per heavy atom. The molecule has 1 aliphatic carbocycles. The molecule has 0 spiro atoms. The number of halogens is 1. The van der Waals surface area contributed by atoms with E-state index in [1.807, 2.05) is 12.2 Å². The van der Waals surface area contributed by atoms with Crippen molar-refractivity contribution in [2.75, 3.05) is 20.3 Å². The van der Waals surface area contributed by atoms with Crippen molar-refractivity contribution in [2.24, 2.45) is 11.8 Å². The van der Waals surface area contributed by atoms with Gasteiger partial charge < -0.3 is 44.4 Å². The lowest BCUT2D eigenvalue weighted by Crippen LogP contribution is -2.31. The van der Waals surface area contributed by atoms with E-state index in [2.05, 4.69) is 10.2 Å². The van der Waals surface area contributed by atoms with E-state index in [1.165, 1.54) is 43.5 Å². The zero-order chi connectivity index (χ0) is 41.2. The van der Waals surface area contributed by atoms with Gasteiger partial charge in [0.15, 0.2) is 11.5 Å². The average molecular weight is 809 g/mol. The van der Waals surface area contributed by atoms with Crippen molar-refractivity contribution in [3.63, 3.8) is 0 Å². The molecule has 15 nitrogen and oxygen atoms in total. The molecular weight excluding hydrogens is 764 g/mol. The van der Waals surface area contributed by atoms with Crippen LogP contribution >= 0.6 is 11.6 Å². The Morgan fingerprint density at radius 2 is 1.79 bits per heavy atom. The van der Waals surface area contributed by atoms with Gasteiger partial charge in [0.1, 0.15) is 37.4 Å². The first-order valence-corrected chi connectivity index (χ1v) is 18.5. The lowest BCUT2D eigenvalue weighted by molar-refractivity contribution is -0.763. The molecule has 3 aromatic rings. The minimum atomic E-state index is -0.921. The molecule has 0 aromatic heterocycles. The van der Waals surface area contributed by atoms with Gasteiger partial charge in [-0.3, -0.25) is 4.79 Å². The summed E-state index contributed by atoms with van der Waals surface area (Å²) in [6.45, 7) is -0.665. The van der Waals surface area contributed by atoms with Gasteiger partial charge in [-0.25, -0.2) is 9.59 Å². The molecule has 1 aliphatic rings. The van der Waals surface area contributed by atoms with Crippen LogP contribution in [-0.4, -0.2) is 76.8 Å². The van der Waals surface area contributed by atoms with E-state index in [0.29, 0.717) is 41.2 Å². The Balaban J connectivity index is 1.14. The number of methoxy groups -OCH3 is 1. The largest absolute Gasteiger partial charge is 0.493 e. The number of aliphatic hydroxyl groups is 3. The highest BCUT2D eigenvalue weighted by Gasteiger charge is 2.39. The van der Waals surface area contributed by atoms with Gasteiger partial charge in [-0.05, 0) is 84.8 Å². The monoisotopic (exact) mass is 808 g/mol. The number of hydrogen-bond donors (Lipinski definition) is 4. The fourth-order valence-corrected chi connectivity index (χ4v) is 6.12. The Morgan fingerprint density at radius 3 is 2.56 bits per heavy atom. The van der Waals surface area contributed by atoms with Crippen LogP contribution in [0.4, 0.5) is 0 Å². The number of carbonyl (C=O) groups excluding carboxylic acids is 3. The first kappa shape index (κ1) is 44.0. The summed E-state index contributed by atoms with van der Waals surface area (Å²) in [5.41, 5.74) is 0.969. The lowest BCUT2D eigenvalue weighted by atomic mass is 9.89. The van der Waals surface area contributed by atoms with Gasteiger partial charge in [-0.1, -0.05) is 60.2 Å². The smallest absolute Gasteiger partial charge is 0.336 e. The quantitative estimate of drug-likeness (QED) is 0.0208. The summed E-state index contributed by atoms with van der Waals surface area (Å²) in [7, 11) is 1.38. The van der Waals surface area contributed by atoms with E-state index in [1.54, 1.807) is 54.6 Å². The van der Waals surface area contributed by atoms with Gasteiger partial charge in [0.05, 0.1) is 19.3 Å². The van der Waals surface area contributed by atoms with Crippen molar-refractivity contribution in [2.45, 2.75) is 57.0 Å². The number of unbranched alkanes of at least 4 members (excludes halogenated alkanes) is 1. The summed E-state index contributed by atoms with van der Waals surface area (Å²) >= 11 is 5.96. The van der Waals surface area contributed by atoms with Gasteiger partial charge in [-0.15, -0.1) is 10.1 Å². The van der Waals surface area contributed by atoms with Crippen LogP contribution in [0.3, 0.4) is 0 Å². The molecule has 1 saturated carbocycles. The zero-order valence-corrected chi connectivity index (χ0v) is 31.9. The topological polar surface area (TPSA) is 213 Å².